The van der Waals surface area contributed by atoms with Gasteiger partial charge in [-0.15, -0.1) is 0 Å². The van der Waals surface area contributed by atoms with Gasteiger partial charge in [0, 0.05) is 57.5 Å². The lowest BCUT2D eigenvalue weighted by atomic mass is 9.84. The number of likely N-dealkylation sites (tertiary alicyclic amines) is 2. The molecule has 3 aliphatic rings. The molecule has 3 aliphatic heterocycles. The van der Waals surface area contributed by atoms with Crippen LogP contribution in [0.5, 0.6) is 5.75 Å². The number of carboxylic acid groups (broad SMARTS) is 1. The molecule has 1 unspecified atom stereocenters. The minimum atomic E-state index is -0.864. The number of carboxylic acids is 1. The summed E-state index contributed by atoms with van der Waals surface area (Å²) >= 11 is 0. The molecule has 3 heterocycles. The number of ether oxygens (including phenoxy) is 1. The van der Waals surface area contributed by atoms with Gasteiger partial charge in [-0.05, 0) is 42.9 Å². The first-order valence-corrected chi connectivity index (χ1v) is 15.2. The zero-order valence-electron chi connectivity index (χ0n) is 24.9. The van der Waals surface area contributed by atoms with E-state index in [4.69, 9.17) is 4.74 Å². The van der Waals surface area contributed by atoms with Crippen LogP contribution < -0.4 is 4.74 Å². The van der Waals surface area contributed by atoms with E-state index in [9.17, 15) is 19.5 Å². The second-order valence-electron chi connectivity index (χ2n) is 12.8. The number of rotatable bonds is 14. The van der Waals surface area contributed by atoms with Crippen molar-refractivity contribution < 1.29 is 28.7 Å². The summed E-state index contributed by atoms with van der Waals surface area (Å²) in [5, 5.41) is 10.5. The van der Waals surface area contributed by atoms with Crippen molar-refractivity contribution in [1.82, 2.24) is 14.7 Å². The quantitative estimate of drug-likeness (QED) is 0.280. The number of carbonyl (C=O) groups excluding carboxylic acids is 2. The maximum atomic E-state index is 13.8. The van der Waals surface area contributed by atoms with Crippen molar-refractivity contribution in [2.24, 2.45) is 5.92 Å². The molecular weight excluding hydrogens is 508 g/mol. The number of hydrogen-bond donors (Lipinski definition) is 1. The van der Waals surface area contributed by atoms with Gasteiger partial charge in [-0.3, -0.25) is 19.3 Å². The van der Waals surface area contributed by atoms with Crippen molar-refractivity contribution >= 4 is 17.8 Å². The Bertz CT molecular complexity index is 1050. The highest BCUT2D eigenvalue weighted by Gasteiger charge is 2.48. The lowest BCUT2D eigenvalue weighted by Crippen LogP contribution is -2.49. The first-order valence-electron chi connectivity index (χ1n) is 15.2. The molecule has 4 rings (SSSR count). The van der Waals surface area contributed by atoms with E-state index in [2.05, 4.69) is 39.0 Å². The summed E-state index contributed by atoms with van der Waals surface area (Å²) in [6.45, 7) is 6.95. The van der Waals surface area contributed by atoms with Crippen molar-refractivity contribution in [3.63, 3.8) is 0 Å². The molecule has 3 atom stereocenters. The highest BCUT2D eigenvalue weighted by molar-refractivity contribution is 5.80. The SMILES string of the molecule is CCCCN(CCCC[N+](C)(C)C)C(=O)CN1C[C@H](c2ccc3c(c2)CCO3)C(C(=O)O)[C@@H]1CN1CCCC1=O. The first kappa shape index (κ1) is 30.3. The van der Waals surface area contributed by atoms with Crippen molar-refractivity contribution in [3.05, 3.63) is 29.3 Å². The Labute approximate surface area is 239 Å². The van der Waals surface area contributed by atoms with Gasteiger partial charge in [-0.2, -0.15) is 0 Å². The fourth-order valence-corrected chi connectivity index (χ4v) is 6.49. The molecule has 2 saturated heterocycles. The lowest BCUT2D eigenvalue weighted by Gasteiger charge is -2.32. The van der Waals surface area contributed by atoms with Crippen LogP contribution in [0.3, 0.4) is 0 Å². The molecule has 1 aromatic rings. The Morgan fingerprint density at radius 2 is 1.90 bits per heavy atom. The van der Waals surface area contributed by atoms with Gasteiger partial charge in [-0.1, -0.05) is 25.5 Å². The topological polar surface area (TPSA) is 90.4 Å². The molecule has 0 radical (unpaired) electrons. The van der Waals surface area contributed by atoms with Gasteiger partial charge in [0.15, 0.2) is 0 Å². The van der Waals surface area contributed by atoms with E-state index in [0.29, 0.717) is 32.7 Å². The summed E-state index contributed by atoms with van der Waals surface area (Å²) in [5.74, 6) is -0.810. The fraction of sp³-hybridized carbons (Fsp3) is 0.710. The Balaban J connectivity index is 1.54. The van der Waals surface area contributed by atoms with E-state index in [1.165, 1.54) is 0 Å². The molecule has 0 bridgehead atoms. The predicted octanol–water partition coefficient (Wildman–Crippen LogP) is 2.83. The summed E-state index contributed by atoms with van der Waals surface area (Å²) in [7, 11) is 6.55. The molecule has 2 fully saturated rings. The average Bonchev–Trinajstić information content (AvgIpc) is 3.62. The highest BCUT2D eigenvalue weighted by Crippen LogP contribution is 2.40. The molecule has 0 aliphatic carbocycles. The van der Waals surface area contributed by atoms with E-state index in [1.54, 1.807) is 4.90 Å². The molecule has 0 aromatic heterocycles. The molecule has 0 spiro atoms. The predicted molar refractivity (Wildman–Crippen MR) is 154 cm³/mol. The summed E-state index contributed by atoms with van der Waals surface area (Å²) in [6.07, 6.45) is 6.09. The Morgan fingerprint density at radius 3 is 2.58 bits per heavy atom. The number of carbonyl (C=O) groups is 3. The van der Waals surface area contributed by atoms with Crippen molar-refractivity contribution in [2.75, 3.05) is 73.6 Å². The van der Waals surface area contributed by atoms with Gasteiger partial charge >= 0.3 is 5.97 Å². The Hall–Kier alpha value is -2.65. The molecule has 40 heavy (non-hydrogen) atoms. The van der Waals surface area contributed by atoms with Crippen LogP contribution in [-0.2, 0) is 20.8 Å². The fourth-order valence-electron chi connectivity index (χ4n) is 6.49. The van der Waals surface area contributed by atoms with Crippen molar-refractivity contribution in [2.45, 2.75) is 63.8 Å². The van der Waals surface area contributed by atoms with E-state index in [-0.39, 0.29) is 24.3 Å². The smallest absolute Gasteiger partial charge is 0.308 e. The molecule has 1 N–H and O–H groups in total. The second kappa shape index (κ2) is 13.3. The summed E-state index contributed by atoms with van der Waals surface area (Å²) in [5.41, 5.74) is 2.09. The number of quaternary nitrogens is 1. The second-order valence-corrected chi connectivity index (χ2v) is 12.8. The van der Waals surface area contributed by atoms with Gasteiger partial charge in [0.1, 0.15) is 5.75 Å². The monoisotopic (exact) mass is 557 g/mol. The van der Waals surface area contributed by atoms with Crippen molar-refractivity contribution in [3.8, 4) is 5.75 Å². The Kier molecular flexibility index (Phi) is 10.1. The molecule has 2 amide bonds. The van der Waals surface area contributed by atoms with Gasteiger partial charge < -0.3 is 24.1 Å². The highest BCUT2D eigenvalue weighted by atomic mass is 16.5. The van der Waals surface area contributed by atoms with E-state index >= 15 is 0 Å². The van der Waals surface area contributed by atoms with Crippen LogP contribution in [0.4, 0.5) is 0 Å². The number of aliphatic carboxylic acids is 1. The normalized spacial score (nSPS) is 22.9. The summed E-state index contributed by atoms with van der Waals surface area (Å²) in [6, 6.07) is 5.61. The minimum absolute atomic E-state index is 0.0589. The zero-order valence-corrected chi connectivity index (χ0v) is 24.9. The molecular formula is C31H49N4O5+. The largest absolute Gasteiger partial charge is 0.493 e. The molecule has 1 aromatic carbocycles. The number of unbranched alkanes of at least 4 members (excludes halogenated alkanes) is 2. The number of hydrogen-bond acceptors (Lipinski definition) is 5. The molecule has 9 nitrogen and oxygen atoms in total. The van der Waals surface area contributed by atoms with Gasteiger partial charge in [0.2, 0.25) is 11.8 Å². The van der Waals surface area contributed by atoms with Gasteiger partial charge in [0.25, 0.3) is 0 Å². The van der Waals surface area contributed by atoms with Crippen LogP contribution in [0.2, 0.25) is 0 Å². The third kappa shape index (κ3) is 7.55. The van der Waals surface area contributed by atoms with Crippen LogP contribution in [-0.4, -0.2) is 122 Å². The average molecular weight is 558 g/mol. The van der Waals surface area contributed by atoms with E-state index in [1.807, 2.05) is 17.0 Å². The maximum absolute atomic E-state index is 13.8. The number of fused-ring (bicyclic) bond motifs is 1. The van der Waals surface area contributed by atoms with Crippen LogP contribution in [0.15, 0.2) is 18.2 Å². The van der Waals surface area contributed by atoms with Gasteiger partial charge in [0.05, 0.1) is 46.8 Å². The number of nitrogens with zero attached hydrogens (tertiary/aromatic N) is 4. The molecule has 9 heteroatoms. The molecule has 0 saturated carbocycles. The van der Waals surface area contributed by atoms with Gasteiger partial charge in [-0.25, -0.2) is 0 Å². The van der Waals surface area contributed by atoms with Crippen LogP contribution in [0.1, 0.15) is 62.5 Å². The molecule has 222 valence electrons. The van der Waals surface area contributed by atoms with E-state index < -0.39 is 17.9 Å². The first-order chi connectivity index (χ1) is 19.1. The standard InChI is InChI=1S/C31H48N4O5/c1-5-6-14-32(15-7-8-17-35(2,3)4)29(37)22-34-20-25(23-11-12-27-24(19-23)13-18-40-27)30(31(38)39)26(34)21-33-16-9-10-28(33)36/h11-12,19,25-26,30H,5-10,13-18,20-22H2,1-4H3/p+1/t25-,26+,30?/m1/s1. The zero-order chi connectivity index (χ0) is 28.9. The Morgan fingerprint density at radius 1 is 1.12 bits per heavy atom. The minimum Gasteiger partial charge on any atom is -0.493 e. The maximum Gasteiger partial charge on any atom is 0.308 e. The third-order valence-corrected chi connectivity index (χ3v) is 8.73. The summed E-state index contributed by atoms with van der Waals surface area (Å²) < 4.78 is 6.58. The number of amides is 2. The third-order valence-electron chi connectivity index (χ3n) is 8.73. The summed E-state index contributed by atoms with van der Waals surface area (Å²) in [4.78, 5) is 45.0. The van der Waals surface area contributed by atoms with Crippen LogP contribution in [0, 0.1) is 5.92 Å². The number of benzene rings is 1. The van der Waals surface area contributed by atoms with E-state index in [0.717, 1.165) is 79.5 Å². The van der Waals surface area contributed by atoms with Crippen molar-refractivity contribution in [1.29, 1.82) is 0 Å². The lowest BCUT2D eigenvalue weighted by molar-refractivity contribution is -0.870. The van der Waals surface area contributed by atoms with Crippen LogP contribution >= 0.6 is 0 Å². The van der Waals surface area contributed by atoms with Crippen LogP contribution in [0.25, 0.3) is 0 Å².